The molecule has 3 rings (SSSR count). The molecule has 1 amide bonds. The maximum atomic E-state index is 14.4. The van der Waals surface area contributed by atoms with Crippen LogP contribution in [0.4, 0.5) is 15.9 Å². The summed E-state index contributed by atoms with van der Waals surface area (Å²) in [6, 6.07) is 10.7. The molecule has 0 radical (unpaired) electrons. The fraction of sp³-hybridized carbons (Fsp3) is 0.500. The Morgan fingerprint density at radius 2 is 1.83 bits per heavy atom. The standard InChI is InChI=1S/C28H38FN5O2/c1-5-20(22-15-11-17-24(32-22)34(4)23-16-10-9-14-21(23)29)25(30)27(35)26(19-12-7-6-8-13-19)33-28(36)18(2)31-3/h9-11,14-20,26,30-31H,5-8,12-13H2,1-4H3,(H,33,36)/t18-,20+,26-/m0/s1. The van der Waals surface area contributed by atoms with Crippen molar-refractivity contribution in [1.29, 1.82) is 5.41 Å². The number of halogens is 1. The predicted molar refractivity (Wildman–Crippen MR) is 141 cm³/mol. The third-order valence-electron chi connectivity index (χ3n) is 7.22. The van der Waals surface area contributed by atoms with E-state index in [4.69, 9.17) is 10.4 Å². The Morgan fingerprint density at radius 1 is 1.14 bits per heavy atom. The number of carbonyl (C=O) groups is 2. The number of ketones is 1. The van der Waals surface area contributed by atoms with Gasteiger partial charge in [0, 0.05) is 13.0 Å². The predicted octanol–water partition coefficient (Wildman–Crippen LogP) is 4.74. The van der Waals surface area contributed by atoms with Crippen molar-refractivity contribution in [3.8, 4) is 0 Å². The molecule has 1 aromatic heterocycles. The van der Waals surface area contributed by atoms with Crippen LogP contribution in [0.2, 0.25) is 0 Å². The minimum absolute atomic E-state index is 0.0172. The molecule has 0 bridgehead atoms. The summed E-state index contributed by atoms with van der Waals surface area (Å²) in [5.41, 5.74) is 0.914. The molecule has 1 fully saturated rings. The molecule has 3 N–H and O–H groups in total. The van der Waals surface area contributed by atoms with E-state index in [0.717, 1.165) is 32.1 Å². The van der Waals surface area contributed by atoms with E-state index in [0.29, 0.717) is 23.6 Å². The molecule has 8 heteroatoms. The average Bonchev–Trinajstić information content (AvgIpc) is 2.91. The van der Waals surface area contributed by atoms with E-state index >= 15 is 0 Å². The fourth-order valence-corrected chi connectivity index (χ4v) is 4.84. The first-order valence-electron chi connectivity index (χ1n) is 12.8. The number of Topliss-reactive ketones (excluding diaryl/α,β-unsaturated/α-hetero) is 1. The van der Waals surface area contributed by atoms with Gasteiger partial charge in [-0.2, -0.15) is 0 Å². The van der Waals surface area contributed by atoms with Crippen LogP contribution in [0.15, 0.2) is 42.5 Å². The lowest BCUT2D eigenvalue weighted by Crippen LogP contribution is -2.53. The number of para-hydroxylation sites is 1. The molecule has 0 spiro atoms. The van der Waals surface area contributed by atoms with Crippen LogP contribution in [0.25, 0.3) is 0 Å². The van der Waals surface area contributed by atoms with E-state index in [1.807, 2.05) is 13.0 Å². The van der Waals surface area contributed by atoms with Crippen LogP contribution in [-0.4, -0.2) is 48.6 Å². The van der Waals surface area contributed by atoms with Crippen molar-refractivity contribution in [3.63, 3.8) is 0 Å². The van der Waals surface area contributed by atoms with E-state index in [-0.39, 0.29) is 29.1 Å². The van der Waals surface area contributed by atoms with E-state index in [1.54, 1.807) is 56.3 Å². The lowest BCUT2D eigenvalue weighted by Gasteiger charge is -2.32. The van der Waals surface area contributed by atoms with Crippen molar-refractivity contribution >= 4 is 28.9 Å². The molecule has 36 heavy (non-hydrogen) atoms. The summed E-state index contributed by atoms with van der Waals surface area (Å²) in [5.74, 6) is -0.936. The van der Waals surface area contributed by atoms with Crippen LogP contribution in [0.1, 0.15) is 64.0 Å². The maximum Gasteiger partial charge on any atom is 0.237 e. The van der Waals surface area contributed by atoms with Crippen molar-refractivity contribution < 1.29 is 14.0 Å². The summed E-state index contributed by atoms with van der Waals surface area (Å²) >= 11 is 0. The second-order valence-electron chi connectivity index (χ2n) is 9.56. The zero-order valence-electron chi connectivity index (χ0n) is 21.7. The van der Waals surface area contributed by atoms with Gasteiger partial charge in [0.2, 0.25) is 5.91 Å². The van der Waals surface area contributed by atoms with Gasteiger partial charge in [0.25, 0.3) is 0 Å². The number of anilines is 2. The monoisotopic (exact) mass is 495 g/mol. The van der Waals surface area contributed by atoms with Crippen LogP contribution < -0.4 is 15.5 Å². The molecule has 1 aliphatic carbocycles. The van der Waals surface area contributed by atoms with Gasteiger partial charge in [0.05, 0.1) is 29.2 Å². The molecule has 0 saturated heterocycles. The number of rotatable bonds is 11. The number of nitrogens with one attached hydrogen (secondary N) is 3. The third kappa shape index (κ3) is 6.35. The summed E-state index contributed by atoms with van der Waals surface area (Å²) in [6.07, 6.45) is 5.37. The summed E-state index contributed by atoms with van der Waals surface area (Å²) in [6.45, 7) is 3.66. The van der Waals surface area contributed by atoms with Gasteiger partial charge in [0.15, 0.2) is 5.78 Å². The lowest BCUT2D eigenvalue weighted by molar-refractivity contribution is -0.127. The van der Waals surface area contributed by atoms with Crippen LogP contribution in [0.5, 0.6) is 0 Å². The van der Waals surface area contributed by atoms with Crippen molar-refractivity contribution in [2.75, 3.05) is 19.0 Å². The molecule has 0 unspecified atom stereocenters. The topological polar surface area (TPSA) is 98.2 Å². The molecule has 194 valence electrons. The third-order valence-corrected chi connectivity index (χ3v) is 7.22. The normalized spacial score (nSPS) is 16.6. The van der Waals surface area contributed by atoms with E-state index < -0.39 is 18.0 Å². The molecule has 1 aliphatic rings. The molecule has 2 aromatic rings. The quantitative estimate of drug-likeness (QED) is 0.391. The van der Waals surface area contributed by atoms with Crippen LogP contribution >= 0.6 is 0 Å². The Kier molecular flexibility index (Phi) is 9.70. The van der Waals surface area contributed by atoms with Crippen molar-refractivity contribution in [2.24, 2.45) is 5.92 Å². The van der Waals surface area contributed by atoms with Gasteiger partial charge < -0.3 is 20.9 Å². The zero-order valence-corrected chi connectivity index (χ0v) is 21.7. The number of hydrogen-bond acceptors (Lipinski definition) is 6. The Bertz CT molecular complexity index is 1070. The van der Waals surface area contributed by atoms with E-state index in [1.165, 1.54) is 6.07 Å². The summed E-state index contributed by atoms with van der Waals surface area (Å²) < 4.78 is 14.4. The van der Waals surface area contributed by atoms with E-state index in [2.05, 4.69) is 10.6 Å². The minimum Gasteiger partial charge on any atom is -0.344 e. The lowest BCUT2D eigenvalue weighted by atomic mass is 9.79. The smallest absolute Gasteiger partial charge is 0.237 e. The SMILES string of the molecule is CC[C@@H](C(=N)C(=O)[C@@H](NC(=O)[C@H](C)NC)C1CCCCC1)c1cccc(N(C)c2ccccc2F)n1. The Balaban J connectivity index is 1.86. The minimum atomic E-state index is -0.723. The first kappa shape index (κ1) is 27.5. The van der Waals surface area contributed by atoms with Crippen LogP contribution in [-0.2, 0) is 9.59 Å². The number of benzene rings is 1. The van der Waals surface area contributed by atoms with Gasteiger partial charge in [-0.1, -0.05) is 44.4 Å². The zero-order chi connectivity index (χ0) is 26.2. The number of aromatic nitrogens is 1. The summed E-state index contributed by atoms with van der Waals surface area (Å²) in [5, 5.41) is 14.7. The highest BCUT2D eigenvalue weighted by Gasteiger charge is 2.36. The number of pyridine rings is 1. The largest absolute Gasteiger partial charge is 0.344 e. The number of nitrogens with zero attached hydrogens (tertiary/aromatic N) is 2. The first-order valence-corrected chi connectivity index (χ1v) is 12.8. The number of hydrogen-bond donors (Lipinski definition) is 3. The Morgan fingerprint density at radius 3 is 2.47 bits per heavy atom. The number of likely N-dealkylation sites (N-methyl/N-ethyl adjacent to an activating group) is 1. The average molecular weight is 496 g/mol. The molecule has 1 heterocycles. The second-order valence-corrected chi connectivity index (χ2v) is 9.56. The van der Waals surface area contributed by atoms with Gasteiger partial charge in [-0.05, 0) is 63.4 Å². The van der Waals surface area contributed by atoms with Crippen molar-refractivity contribution in [1.82, 2.24) is 15.6 Å². The van der Waals surface area contributed by atoms with Gasteiger partial charge in [-0.3, -0.25) is 9.59 Å². The molecule has 3 atom stereocenters. The van der Waals surface area contributed by atoms with Gasteiger partial charge >= 0.3 is 0 Å². The van der Waals surface area contributed by atoms with Crippen molar-refractivity contribution in [2.45, 2.75) is 70.4 Å². The molecule has 7 nitrogen and oxygen atoms in total. The fourth-order valence-electron chi connectivity index (χ4n) is 4.84. The van der Waals surface area contributed by atoms with Crippen LogP contribution in [0, 0.1) is 17.1 Å². The molecular weight excluding hydrogens is 457 g/mol. The summed E-state index contributed by atoms with van der Waals surface area (Å²) in [4.78, 5) is 32.8. The molecule has 0 aliphatic heterocycles. The number of carbonyl (C=O) groups excluding carboxylic acids is 2. The van der Waals surface area contributed by atoms with Crippen LogP contribution in [0.3, 0.4) is 0 Å². The highest BCUT2D eigenvalue weighted by Crippen LogP contribution is 2.30. The first-order chi connectivity index (χ1) is 17.3. The molecule has 1 saturated carbocycles. The molecule has 1 aromatic carbocycles. The second kappa shape index (κ2) is 12.7. The highest BCUT2D eigenvalue weighted by molar-refractivity contribution is 6.42. The van der Waals surface area contributed by atoms with Crippen molar-refractivity contribution in [3.05, 3.63) is 54.0 Å². The van der Waals surface area contributed by atoms with E-state index in [9.17, 15) is 14.0 Å². The van der Waals surface area contributed by atoms with Gasteiger partial charge in [0.1, 0.15) is 11.6 Å². The molecular formula is C28H38FN5O2. The highest BCUT2D eigenvalue weighted by atomic mass is 19.1. The van der Waals surface area contributed by atoms with Gasteiger partial charge in [-0.15, -0.1) is 0 Å². The summed E-state index contributed by atoms with van der Waals surface area (Å²) in [7, 11) is 3.44. The Hall–Kier alpha value is -3.13. The number of amides is 1. The Labute approximate surface area is 213 Å². The maximum absolute atomic E-state index is 14.4. The van der Waals surface area contributed by atoms with Gasteiger partial charge in [-0.25, -0.2) is 9.37 Å².